The molecule has 0 saturated heterocycles. The van der Waals surface area contributed by atoms with E-state index in [0.29, 0.717) is 16.7 Å². The van der Waals surface area contributed by atoms with E-state index in [1.54, 1.807) is 18.2 Å². The molecule has 0 fully saturated rings. The smallest absolute Gasteiger partial charge is 0.323 e. The van der Waals surface area contributed by atoms with Crippen molar-refractivity contribution in [2.75, 3.05) is 5.73 Å². The van der Waals surface area contributed by atoms with Gasteiger partial charge < -0.3 is 20.8 Å². The van der Waals surface area contributed by atoms with Crippen molar-refractivity contribution in [1.82, 2.24) is 9.97 Å². The molecule has 246 valence electrons. The van der Waals surface area contributed by atoms with Gasteiger partial charge in [0.1, 0.15) is 15.5 Å². The highest BCUT2D eigenvalue weighted by atomic mass is 32.2. The van der Waals surface area contributed by atoms with Crippen LogP contribution in [-0.4, -0.2) is 54.0 Å². The number of benzene rings is 5. The van der Waals surface area contributed by atoms with Gasteiger partial charge in [0.2, 0.25) is 0 Å². The first-order chi connectivity index (χ1) is 22.4. The number of aromatic hydroxyl groups is 1. The second kappa shape index (κ2) is 11.3. The van der Waals surface area contributed by atoms with E-state index in [1.165, 1.54) is 18.2 Å². The Balaban J connectivity index is 1.51. The number of phenolic OH excluding ortho intramolecular Hbond substituents is 1. The Morgan fingerprint density at radius 2 is 1.23 bits per heavy atom. The molecule has 0 saturated carbocycles. The number of nitrogen functional groups attached to an aromatic ring is 1. The number of hydrogen-bond donors (Lipinski definition) is 7. The lowest BCUT2D eigenvalue weighted by atomic mass is 10.1. The molecule has 21 heteroatoms. The molecule has 1 aromatic heterocycles. The summed E-state index contributed by atoms with van der Waals surface area (Å²) in [5.74, 6) is -0.897. The molecule has 0 spiro atoms. The molecule has 0 unspecified atom stereocenters. The number of azo groups is 2. The van der Waals surface area contributed by atoms with E-state index in [9.17, 15) is 48.8 Å². The minimum atomic E-state index is -5.15. The fourth-order valence-corrected chi connectivity index (χ4v) is 6.63. The highest BCUT2D eigenvalue weighted by molar-refractivity contribution is 7.86. The van der Waals surface area contributed by atoms with Gasteiger partial charge in [-0.1, -0.05) is 6.07 Å². The molecule has 8 N–H and O–H groups in total. The Morgan fingerprint density at radius 3 is 1.90 bits per heavy atom. The molecule has 1 heterocycles. The summed E-state index contributed by atoms with van der Waals surface area (Å²) in [6.45, 7) is 0. The highest BCUT2D eigenvalue weighted by Gasteiger charge is 2.25. The standard InChI is InChI=1S/C27H19N7O11S3/c28-18-11-16-12(7-23(18)47(40,41)42)8-24(48(43,44)45)25(26(16)35)34-33-20-6-5-19(15-3-2-14(10-17(15)20)46(37,38)39)32-31-13-1-4-21-22(9-13)30-27(36)29-21/h1-11,35H,28H2,(H2,29,30,36)(H,37,38,39)(H,40,41,42)(H,43,44,45). The highest BCUT2D eigenvalue weighted by Crippen LogP contribution is 2.44. The van der Waals surface area contributed by atoms with Crippen molar-refractivity contribution >= 4 is 91.4 Å². The molecule has 0 aliphatic rings. The number of nitrogens with two attached hydrogens (primary N) is 1. The van der Waals surface area contributed by atoms with Crippen molar-refractivity contribution < 1.29 is 44.0 Å². The fraction of sp³-hybridized carbons (Fsp3) is 0. The molecule has 5 aromatic carbocycles. The molecular formula is C27H19N7O11S3. The summed E-state index contributed by atoms with van der Waals surface area (Å²) >= 11 is 0. The summed E-state index contributed by atoms with van der Waals surface area (Å²) < 4.78 is 101. The summed E-state index contributed by atoms with van der Waals surface area (Å²) in [4.78, 5) is 14.4. The van der Waals surface area contributed by atoms with Crippen LogP contribution in [0.4, 0.5) is 28.4 Å². The van der Waals surface area contributed by atoms with Crippen LogP contribution in [0, 0.1) is 0 Å². The van der Waals surface area contributed by atoms with E-state index >= 15 is 0 Å². The zero-order chi connectivity index (χ0) is 34.8. The number of phenols is 1. The van der Waals surface area contributed by atoms with Gasteiger partial charge in [-0.05, 0) is 66.0 Å². The lowest BCUT2D eigenvalue weighted by molar-refractivity contribution is 0.472. The maximum atomic E-state index is 12.3. The minimum Gasteiger partial charge on any atom is -0.505 e. The molecule has 18 nitrogen and oxygen atoms in total. The van der Waals surface area contributed by atoms with Crippen LogP contribution in [0.5, 0.6) is 5.75 Å². The van der Waals surface area contributed by atoms with Gasteiger partial charge in [0, 0.05) is 16.2 Å². The monoisotopic (exact) mass is 713 g/mol. The van der Waals surface area contributed by atoms with Gasteiger partial charge in [-0.3, -0.25) is 13.7 Å². The summed E-state index contributed by atoms with van der Waals surface area (Å²) in [5, 5.41) is 26.9. The lowest BCUT2D eigenvalue weighted by Gasteiger charge is -2.11. The number of hydrogen-bond acceptors (Lipinski definition) is 13. The maximum absolute atomic E-state index is 12.3. The SMILES string of the molecule is Nc1cc2c(O)c(N=Nc3ccc(N=Nc4ccc5[nH]c(=O)[nH]c5c4)c4ccc(S(=O)(=O)O)cc34)c(S(=O)(=O)O)cc2cc1S(=O)(=O)O. The third-order valence-corrected chi connectivity index (χ3v) is 9.63. The zero-order valence-corrected chi connectivity index (χ0v) is 26.0. The van der Waals surface area contributed by atoms with Gasteiger partial charge in [-0.25, -0.2) is 4.79 Å². The molecular weight excluding hydrogens is 695 g/mol. The normalized spacial score (nSPS) is 13.1. The van der Waals surface area contributed by atoms with Crippen molar-refractivity contribution in [3.8, 4) is 5.75 Å². The first-order valence-corrected chi connectivity index (χ1v) is 17.4. The summed E-state index contributed by atoms with van der Waals surface area (Å²) in [7, 11) is -14.7. The van der Waals surface area contributed by atoms with Crippen LogP contribution in [0.1, 0.15) is 0 Å². The predicted molar refractivity (Wildman–Crippen MR) is 171 cm³/mol. The number of aromatic nitrogens is 2. The Labute approximate surface area is 268 Å². The first kappa shape index (κ1) is 32.4. The van der Waals surface area contributed by atoms with Crippen molar-refractivity contribution in [2.45, 2.75) is 14.7 Å². The average molecular weight is 714 g/mol. The Kier molecular flexibility index (Phi) is 7.61. The fourth-order valence-electron chi connectivity index (χ4n) is 4.84. The third-order valence-electron chi connectivity index (χ3n) is 7.01. The van der Waals surface area contributed by atoms with E-state index in [4.69, 9.17) is 5.73 Å². The van der Waals surface area contributed by atoms with Crippen LogP contribution in [0.25, 0.3) is 32.6 Å². The van der Waals surface area contributed by atoms with Gasteiger partial charge in [0.05, 0.1) is 38.7 Å². The number of rotatable bonds is 7. The number of fused-ring (bicyclic) bond motifs is 3. The molecule has 6 rings (SSSR count). The van der Waals surface area contributed by atoms with Gasteiger partial charge in [-0.2, -0.15) is 30.4 Å². The van der Waals surface area contributed by atoms with E-state index in [-0.39, 0.29) is 32.9 Å². The number of H-pyrrole nitrogens is 2. The van der Waals surface area contributed by atoms with E-state index in [0.717, 1.165) is 30.3 Å². The molecule has 48 heavy (non-hydrogen) atoms. The van der Waals surface area contributed by atoms with Crippen molar-refractivity contribution in [1.29, 1.82) is 0 Å². The molecule has 0 bridgehead atoms. The zero-order valence-electron chi connectivity index (χ0n) is 23.6. The molecule has 0 aliphatic carbocycles. The molecule has 0 atom stereocenters. The van der Waals surface area contributed by atoms with E-state index < -0.39 is 67.9 Å². The number of anilines is 1. The van der Waals surface area contributed by atoms with Crippen molar-refractivity contribution in [2.24, 2.45) is 20.5 Å². The number of imidazole rings is 1. The first-order valence-electron chi connectivity index (χ1n) is 13.0. The van der Waals surface area contributed by atoms with Crippen LogP contribution < -0.4 is 11.4 Å². The topological polar surface area (TPSA) is 307 Å². The van der Waals surface area contributed by atoms with Crippen LogP contribution >= 0.6 is 0 Å². The maximum Gasteiger partial charge on any atom is 0.323 e. The Bertz CT molecular complexity index is 2810. The van der Waals surface area contributed by atoms with Crippen molar-refractivity contribution in [3.05, 3.63) is 77.2 Å². The Hall–Kier alpha value is -5.58. The molecule has 6 aromatic rings. The van der Waals surface area contributed by atoms with E-state index in [2.05, 4.69) is 30.4 Å². The number of nitrogens with one attached hydrogen (secondary N) is 2. The summed E-state index contributed by atoms with van der Waals surface area (Å²) in [6, 6.07) is 13.3. The second-order valence-electron chi connectivity index (χ2n) is 10.1. The third kappa shape index (κ3) is 6.11. The summed E-state index contributed by atoms with van der Waals surface area (Å²) in [5.41, 5.74) is 5.42. The van der Waals surface area contributed by atoms with Crippen LogP contribution in [0.2, 0.25) is 0 Å². The van der Waals surface area contributed by atoms with Crippen LogP contribution in [-0.2, 0) is 30.4 Å². The van der Waals surface area contributed by atoms with Gasteiger partial charge in [0.25, 0.3) is 30.4 Å². The minimum absolute atomic E-state index is 0.0199. The van der Waals surface area contributed by atoms with Gasteiger partial charge >= 0.3 is 5.69 Å². The van der Waals surface area contributed by atoms with Crippen LogP contribution in [0.15, 0.2) is 107 Å². The number of aromatic amines is 2. The van der Waals surface area contributed by atoms with Gasteiger partial charge in [-0.15, -0.1) is 15.3 Å². The van der Waals surface area contributed by atoms with E-state index in [1.807, 2.05) is 0 Å². The average Bonchev–Trinajstić information content (AvgIpc) is 3.37. The Morgan fingerprint density at radius 1 is 0.604 bits per heavy atom. The largest absolute Gasteiger partial charge is 0.505 e. The lowest BCUT2D eigenvalue weighted by Crippen LogP contribution is -2.04. The number of nitrogens with zero attached hydrogens (tertiary/aromatic N) is 4. The molecule has 0 amide bonds. The summed E-state index contributed by atoms with van der Waals surface area (Å²) in [6.07, 6.45) is 0. The van der Waals surface area contributed by atoms with Crippen LogP contribution in [0.3, 0.4) is 0 Å². The predicted octanol–water partition coefficient (Wildman–Crippen LogP) is 5.02. The van der Waals surface area contributed by atoms with Gasteiger partial charge in [0.15, 0.2) is 5.75 Å². The second-order valence-corrected chi connectivity index (χ2v) is 14.3. The molecule has 0 aliphatic heterocycles. The quantitative estimate of drug-likeness (QED) is 0.0651. The van der Waals surface area contributed by atoms with Crippen molar-refractivity contribution in [3.63, 3.8) is 0 Å². The molecule has 0 radical (unpaired) electrons.